The Bertz CT molecular complexity index is 1590. The highest BCUT2D eigenvalue weighted by atomic mass is 31.2. The van der Waals surface area contributed by atoms with E-state index in [9.17, 15) is 22.9 Å². The van der Waals surface area contributed by atoms with Crippen molar-refractivity contribution in [3.8, 4) is 23.0 Å². The first-order chi connectivity index (χ1) is 24.1. The molecule has 2 aromatic rings. The van der Waals surface area contributed by atoms with Gasteiger partial charge >= 0.3 is 0 Å². The summed E-state index contributed by atoms with van der Waals surface area (Å²) in [6.45, 7) is 2.76. The van der Waals surface area contributed by atoms with E-state index in [1.807, 2.05) is 0 Å². The minimum atomic E-state index is -2.54. The van der Waals surface area contributed by atoms with Crippen LogP contribution in [-0.2, 0) is 4.57 Å². The van der Waals surface area contributed by atoms with Crippen molar-refractivity contribution in [2.45, 2.75) is 69.9 Å². The van der Waals surface area contributed by atoms with Gasteiger partial charge in [0.25, 0.3) is 11.8 Å². The van der Waals surface area contributed by atoms with E-state index in [0.717, 1.165) is 12.8 Å². The first-order valence-electron chi connectivity index (χ1n) is 17.4. The van der Waals surface area contributed by atoms with Gasteiger partial charge in [0.15, 0.2) is 23.0 Å². The number of unbranched alkanes of at least 4 members (excludes halogenated alkanes) is 1. The van der Waals surface area contributed by atoms with Crippen LogP contribution in [0.5, 0.6) is 23.0 Å². The summed E-state index contributed by atoms with van der Waals surface area (Å²) in [5, 5.41) is 0. The highest BCUT2D eigenvalue weighted by Gasteiger charge is 2.39. The molecule has 2 unspecified atom stereocenters. The van der Waals surface area contributed by atoms with Gasteiger partial charge in [-0.05, 0) is 31.4 Å². The maximum Gasteiger partial charge on any atom is 0.256 e. The summed E-state index contributed by atoms with van der Waals surface area (Å²) in [5.41, 5.74) is 1.58. The Labute approximate surface area is 291 Å². The van der Waals surface area contributed by atoms with Crippen LogP contribution in [0.25, 0.3) is 0 Å². The zero-order valence-corrected chi connectivity index (χ0v) is 29.7. The van der Waals surface area contributed by atoms with Crippen molar-refractivity contribution in [2.75, 3.05) is 59.0 Å². The fourth-order valence-electron chi connectivity index (χ4n) is 7.07. The average molecular weight is 715 g/mol. The highest BCUT2D eigenvalue weighted by molar-refractivity contribution is 7.63. The van der Waals surface area contributed by atoms with E-state index in [1.165, 1.54) is 24.0 Å². The second-order valence-corrected chi connectivity index (χ2v) is 16.8. The number of halogens is 2. The Hall–Kier alpha value is -3.99. The zero-order valence-electron chi connectivity index (χ0n) is 28.8. The van der Waals surface area contributed by atoms with Gasteiger partial charge in [-0.1, -0.05) is 13.3 Å². The maximum atomic E-state index is 14.1. The summed E-state index contributed by atoms with van der Waals surface area (Å²) in [6, 6.07) is 5.78. The lowest BCUT2D eigenvalue weighted by molar-refractivity contribution is 0.0758. The SMILES string of the molecule is CCCCP(=O)(CCCOc1cc2c(cc1OC)C(=O)N1CC(F)C[C@H]1C=N2)CCCOc1cc2c(cc1OC)C(=O)N1CC(F)C[C@H]1C=N2. The third-order valence-electron chi connectivity index (χ3n) is 9.76. The van der Waals surface area contributed by atoms with Crippen molar-refractivity contribution in [1.82, 2.24) is 9.80 Å². The number of fused-ring (bicyclic) bond motifs is 4. The first kappa shape index (κ1) is 35.8. The summed E-state index contributed by atoms with van der Waals surface area (Å²) in [6.07, 6.45) is 6.13. The van der Waals surface area contributed by atoms with Crippen LogP contribution in [0.2, 0.25) is 0 Å². The van der Waals surface area contributed by atoms with Crippen molar-refractivity contribution in [2.24, 2.45) is 9.98 Å². The van der Waals surface area contributed by atoms with E-state index in [-0.39, 0.29) is 49.8 Å². The van der Waals surface area contributed by atoms with Crippen molar-refractivity contribution in [3.63, 3.8) is 0 Å². The molecule has 4 heterocycles. The lowest BCUT2D eigenvalue weighted by atomic mass is 10.1. The second-order valence-electron chi connectivity index (χ2n) is 13.3. The highest BCUT2D eigenvalue weighted by Crippen LogP contribution is 2.48. The van der Waals surface area contributed by atoms with Gasteiger partial charge in [-0.3, -0.25) is 19.6 Å². The molecule has 2 saturated heterocycles. The number of benzene rings is 2. The molecule has 11 nitrogen and oxygen atoms in total. The van der Waals surface area contributed by atoms with E-state index in [0.29, 0.717) is 90.0 Å². The summed E-state index contributed by atoms with van der Waals surface area (Å²) in [4.78, 5) is 38.3. The fourth-order valence-corrected chi connectivity index (χ4v) is 10.0. The quantitative estimate of drug-likeness (QED) is 0.150. The number of methoxy groups -OCH3 is 2. The lowest BCUT2D eigenvalue weighted by Crippen LogP contribution is -2.35. The van der Waals surface area contributed by atoms with Crippen LogP contribution < -0.4 is 18.9 Å². The Balaban J connectivity index is 1.04. The van der Waals surface area contributed by atoms with Gasteiger partial charge in [-0.25, -0.2) is 8.78 Å². The lowest BCUT2D eigenvalue weighted by Gasteiger charge is -2.21. The second kappa shape index (κ2) is 15.5. The number of aliphatic imine (C=N–C) groups is 2. The number of hydrogen-bond acceptors (Lipinski definition) is 9. The standard InChI is InChI=1S/C36H45F2N4O7P/c1-4-5-10-50(45,11-6-8-48-33-17-29-27(15-31(33)46-2)35(43)41-21-23(37)13-25(41)19-39-29)12-7-9-49-34-18-30-28(16-32(34)47-3)36(44)42-22-24(38)14-26(42)20-40-30/h15-20,23-26H,4-14,21-22H2,1-3H3/t23?,24?,25-,26-,50?/m0/s1. The Morgan fingerprint density at radius 3 is 1.58 bits per heavy atom. The third kappa shape index (κ3) is 7.67. The first-order valence-corrected chi connectivity index (χ1v) is 19.6. The zero-order chi connectivity index (χ0) is 35.4. The average Bonchev–Trinajstić information content (AvgIpc) is 3.62. The summed E-state index contributed by atoms with van der Waals surface area (Å²) in [7, 11) is 0.445. The van der Waals surface area contributed by atoms with Gasteiger partial charge < -0.3 is 33.3 Å². The predicted octanol–water partition coefficient (Wildman–Crippen LogP) is 6.64. The molecule has 0 radical (unpaired) electrons. The van der Waals surface area contributed by atoms with Gasteiger partial charge in [-0.2, -0.15) is 0 Å². The third-order valence-corrected chi connectivity index (χ3v) is 13.2. The normalized spacial score (nSPS) is 23.4. The molecular weight excluding hydrogens is 669 g/mol. The van der Waals surface area contributed by atoms with E-state index in [2.05, 4.69) is 16.9 Å². The maximum absolute atomic E-state index is 14.1. The van der Waals surface area contributed by atoms with Gasteiger partial charge in [0.05, 0.1) is 82.3 Å². The molecule has 2 aromatic carbocycles. The fraction of sp³-hybridized carbons (Fsp3) is 0.556. The van der Waals surface area contributed by atoms with E-state index in [4.69, 9.17) is 18.9 Å². The molecule has 2 fully saturated rings. The number of hydrogen-bond donors (Lipinski definition) is 0. The smallest absolute Gasteiger partial charge is 0.256 e. The summed E-state index contributed by atoms with van der Waals surface area (Å²) >= 11 is 0. The molecule has 270 valence electrons. The van der Waals surface area contributed by atoms with E-state index in [1.54, 1.807) is 36.7 Å². The molecule has 0 spiro atoms. The number of rotatable bonds is 15. The Kier molecular flexibility index (Phi) is 11.1. The van der Waals surface area contributed by atoms with Crippen LogP contribution in [0.15, 0.2) is 34.3 Å². The van der Waals surface area contributed by atoms with Crippen LogP contribution in [0.4, 0.5) is 20.2 Å². The molecule has 2 amide bonds. The van der Waals surface area contributed by atoms with Crippen molar-refractivity contribution < 1.29 is 41.9 Å². The van der Waals surface area contributed by atoms with Crippen LogP contribution in [-0.4, -0.2) is 117 Å². The van der Waals surface area contributed by atoms with Crippen LogP contribution >= 0.6 is 7.14 Å². The molecule has 14 heteroatoms. The van der Waals surface area contributed by atoms with Crippen LogP contribution in [0.1, 0.15) is 66.2 Å². The number of nitrogens with zero attached hydrogens (tertiary/aromatic N) is 4. The molecule has 6 rings (SSSR count). The molecule has 0 saturated carbocycles. The molecule has 4 aliphatic heterocycles. The number of ether oxygens (including phenoxy) is 4. The van der Waals surface area contributed by atoms with Crippen LogP contribution in [0.3, 0.4) is 0 Å². The summed E-state index contributed by atoms with van der Waals surface area (Å²) < 4.78 is 65.3. The van der Waals surface area contributed by atoms with Crippen molar-refractivity contribution in [3.05, 3.63) is 35.4 Å². The molecule has 50 heavy (non-hydrogen) atoms. The molecular formula is C36H45F2N4O7P. The molecule has 0 N–H and O–H groups in total. The monoisotopic (exact) mass is 714 g/mol. The van der Waals surface area contributed by atoms with E-state index >= 15 is 0 Å². The van der Waals surface area contributed by atoms with Gasteiger partial charge in [0.2, 0.25) is 0 Å². The molecule has 4 aliphatic rings. The van der Waals surface area contributed by atoms with Crippen molar-refractivity contribution in [1.29, 1.82) is 0 Å². The minimum Gasteiger partial charge on any atom is -0.493 e. The molecule has 0 aliphatic carbocycles. The van der Waals surface area contributed by atoms with Crippen molar-refractivity contribution >= 4 is 42.8 Å². The van der Waals surface area contributed by atoms with E-state index < -0.39 is 19.5 Å². The number of amides is 2. The summed E-state index contributed by atoms with van der Waals surface area (Å²) in [5.74, 6) is 1.07. The number of carbonyl (C=O) groups excluding carboxylic acids is 2. The number of carbonyl (C=O) groups is 2. The van der Waals surface area contributed by atoms with Gasteiger partial charge in [0, 0.05) is 55.9 Å². The molecule has 0 bridgehead atoms. The molecule has 0 aromatic heterocycles. The van der Waals surface area contributed by atoms with Crippen LogP contribution in [0, 0.1) is 0 Å². The topological polar surface area (TPSA) is 119 Å². The minimum absolute atomic E-state index is 0.0440. The number of alkyl halides is 2. The van der Waals surface area contributed by atoms with Gasteiger partial charge in [0.1, 0.15) is 12.3 Å². The largest absolute Gasteiger partial charge is 0.493 e. The Morgan fingerprint density at radius 1 is 0.720 bits per heavy atom. The van der Waals surface area contributed by atoms with Gasteiger partial charge in [-0.15, -0.1) is 0 Å². The predicted molar refractivity (Wildman–Crippen MR) is 188 cm³/mol. The Morgan fingerprint density at radius 2 is 1.16 bits per heavy atom. The molecule has 4 atom stereocenters.